The minimum absolute atomic E-state index is 0.0621. The molecule has 0 radical (unpaired) electrons. The number of aldehydes is 1. The lowest BCUT2D eigenvalue weighted by Gasteiger charge is -2.12. The molecule has 1 atom stereocenters. The number of rotatable bonds is 13. The Morgan fingerprint density at radius 1 is 1.09 bits per heavy atom. The molecular weight excluding hydrogens is 524 g/mol. The fourth-order valence-corrected chi connectivity index (χ4v) is 7.41. The second kappa shape index (κ2) is 11.5. The van der Waals surface area contributed by atoms with Gasteiger partial charge in [-0.25, -0.2) is 30.0 Å². The molecule has 0 bridgehead atoms. The Hall–Kier alpha value is -2.13. The predicted molar refractivity (Wildman–Crippen MR) is 129 cm³/mol. The molecule has 10 nitrogen and oxygen atoms in total. The third-order valence-electron chi connectivity index (χ3n) is 4.59. The van der Waals surface area contributed by atoms with E-state index < -0.39 is 47.4 Å². The molecule has 2 aromatic rings. The highest BCUT2D eigenvalue weighted by molar-refractivity contribution is 7.92. The third-order valence-corrected chi connectivity index (χ3v) is 10.7. The van der Waals surface area contributed by atoms with E-state index in [4.69, 9.17) is 0 Å². The Morgan fingerprint density at radius 3 is 2.38 bits per heavy atom. The molecule has 0 aliphatic rings. The largest absolute Gasteiger partial charge is 0.351 e. The van der Waals surface area contributed by atoms with Gasteiger partial charge in [-0.3, -0.25) is 4.79 Å². The Kier molecular flexibility index (Phi) is 9.53. The van der Waals surface area contributed by atoms with Crippen molar-refractivity contribution in [3.8, 4) is 0 Å². The second-order valence-corrected chi connectivity index (χ2v) is 14.7. The number of amides is 1. The van der Waals surface area contributed by atoms with Gasteiger partial charge in [-0.2, -0.15) is 0 Å². The van der Waals surface area contributed by atoms with E-state index in [1.165, 1.54) is 36.4 Å². The number of carbonyl (C=O) groups excluding carboxylic acids is 2. The van der Waals surface area contributed by atoms with E-state index in [0.29, 0.717) is 6.29 Å². The smallest absolute Gasteiger partial charge is 0.261 e. The van der Waals surface area contributed by atoms with Crippen LogP contribution in [0.4, 0.5) is 0 Å². The van der Waals surface area contributed by atoms with Crippen LogP contribution in [0.5, 0.6) is 0 Å². The third kappa shape index (κ3) is 8.27. The summed E-state index contributed by atoms with van der Waals surface area (Å²) in [6.07, 6.45) is 1.93. The quantitative estimate of drug-likeness (QED) is 0.277. The number of thiophene rings is 1. The number of carbonyl (C=O) groups is 2. The van der Waals surface area contributed by atoms with Crippen LogP contribution >= 0.6 is 11.3 Å². The fourth-order valence-electron chi connectivity index (χ4n) is 2.83. The van der Waals surface area contributed by atoms with Crippen LogP contribution in [-0.2, 0) is 40.2 Å². The van der Waals surface area contributed by atoms with E-state index in [0.717, 1.165) is 17.6 Å². The summed E-state index contributed by atoms with van der Waals surface area (Å²) in [6.45, 7) is 1.72. The standard InChI is InChI=1S/C20H26N2O8S4/c1-3-16(13-23)22-34(29,30)17-7-4-6-15(12-17)14-33(27,28)11-5-10-21-20(24)18-8-9-19(31-18)32(2,25)26/h4,6-9,12-13,16,22H,3,5,10-11,14H2,1-2H3,(H,21,24)/t16-/m0/s1. The molecule has 0 saturated carbocycles. The molecule has 0 fully saturated rings. The Bertz CT molecular complexity index is 1350. The van der Waals surface area contributed by atoms with Crippen LogP contribution in [-0.4, -0.2) is 62.0 Å². The summed E-state index contributed by atoms with van der Waals surface area (Å²) in [5.74, 6) is -1.13. The van der Waals surface area contributed by atoms with Crippen molar-refractivity contribution in [3.05, 3.63) is 46.8 Å². The highest BCUT2D eigenvalue weighted by atomic mass is 32.2. The number of hydrogen-bond donors (Lipinski definition) is 2. The molecule has 0 aliphatic carbocycles. The zero-order chi connectivity index (χ0) is 25.6. The fraction of sp³-hybridized carbons (Fsp3) is 0.400. The van der Waals surface area contributed by atoms with Crippen molar-refractivity contribution in [3.63, 3.8) is 0 Å². The van der Waals surface area contributed by atoms with Crippen molar-refractivity contribution in [2.75, 3.05) is 18.6 Å². The SMILES string of the molecule is CC[C@@H](C=O)NS(=O)(=O)c1cccc(CS(=O)(=O)CCCNC(=O)c2ccc(S(C)(=O)=O)s2)c1. The number of hydrogen-bond acceptors (Lipinski definition) is 9. The zero-order valence-corrected chi connectivity index (χ0v) is 21.8. The Balaban J connectivity index is 1.93. The van der Waals surface area contributed by atoms with E-state index >= 15 is 0 Å². The average Bonchev–Trinajstić information content (AvgIpc) is 3.26. The average molecular weight is 551 g/mol. The summed E-state index contributed by atoms with van der Waals surface area (Å²) < 4.78 is 75.1. The maximum Gasteiger partial charge on any atom is 0.261 e. The van der Waals surface area contributed by atoms with Crippen molar-refractivity contribution in [2.45, 2.75) is 40.7 Å². The van der Waals surface area contributed by atoms with E-state index in [-0.39, 0.29) is 44.7 Å². The lowest BCUT2D eigenvalue weighted by Crippen LogP contribution is -2.35. The molecule has 14 heteroatoms. The molecule has 0 unspecified atom stereocenters. The summed E-state index contributed by atoms with van der Waals surface area (Å²) >= 11 is 0.831. The first kappa shape index (κ1) is 28.1. The van der Waals surface area contributed by atoms with E-state index in [2.05, 4.69) is 10.0 Å². The van der Waals surface area contributed by atoms with Crippen molar-refractivity contribution in [2.24, 2.45) is 0 Å². The van der Waals surface area contributed by atoms with Gasteiger partial charge in [-0.05, 0) is 42.7 Å². The van der Waals surface area contributed by atoms with Gasteiger partial charge in [0.2, 0.25) is 10.0 Å². The van der Waals surface area contributed by atoms with Gasteiger partial charge in [-0.1, -0.05) is 19.1 Å². The second-order valence-electron chi connectivity index (χ2n) is 7.51. The van der Waals surface area contributed by atoms with Crippen molar-refractivity contribution < 1.29 is 34.8 Å². The van der Waals surface area contributed by atoms with E-state index in [1.807, 2.05) is 0 Å². The predicted octanol–water partition coefficient (Wildman–Crippen LogP) is 1.14. The molecule has 1 heterocycles. The summed E-state index contributed by atoms with van der Waals surface area (Å²) in [7, 11) is -11.0. The summed E-state index contributed by atoms with van der Waals surface area (Å²) in [5.41, 5.74) is 0.276. The highest BCUT2D eigenvalue weighted by Crippen LogP contribution is 2.21. The zero-order valence-electron chi connectivity index (χ0n) is 18.6. The maximum atomic E-state index is 12.5. The van der Waals surface area contributed by atoms with E-state index in [9.17, 15) is 34.8 Å². The number of nitrogens with one attached hydrogen (secondary N) is 2. The Labute approximate surface area is 203 Å². The van der Waals surface area contributed by atoms with Gasteiger partial charge in [0.15, 0.2) is 19.7 Å². The molecule has 1 aromatic heterocycles. The van der Waals surface area contributed by atoms with Crippen LogP contribution in [0.25, 0.3) is 0 Å². The van der Waals surface area contributed by atoms with Gasteiger partial charge in [0.05, 0.1) is 27.3 Å². The lowest BCUT2D eigenvalue weighted by molar-refractivity contribution is -0.109. The molecule has 0 spiro atoms. The number of benzene rings is 1. The molecule has 1 amide bonds. The van der Waals surface area contributed by atoms with Gasteiger partial charge < -0.3 is 10.1 Å². The number of sulfonamides is 1. The van der Waals surface area contributed by atoms with Gasteiger partial charge >= 0.3 is 0 Å². The van der Waals surface area contributed by atoms with Crippen LogP contribution in [0.2, 0.25) is 0 Å². The maximum absolute atomic E-state index is 12.5. The van der Waals surface area contributed by atoms with Gasteiger partial charge in [0.1, 0.15) is 10.5 Å². The molecule has 188 valence electrons. The van der Waals surface area contributed by atoms with Gasteiger partial charge in [0.25, 0.3) is 5.91 Å². The van der Waals surface area contributed by atoms with Crippen LogP contribution in [0, 0.1) is 0 Å². The summed E-state index contributed by atoms with van der Waals surface area (Å²) in [6, 6.07) is 7.32. The van der Waals surface area contributed by atoms with Crippen LogP contribution in [0.3, 0.4) is 0 Å². The lowest BCUT2D eigenvalue weighted by atomic mass is 10.2. The molecule has 0 saturated heterocycles. The van der Waals surface area contributed by atoms with Crippen LogP contribution in [0.1, 0.15) is 35.0 Å². The summed E-state index contributed by atoms with van der Waals surface area (Å²) in [5, 5.41) is 2.55. The summed E-state index contributed by atoms with van der Waals surface area (Å²) in [4.78, 5) is 23.1. The van der Waals surface area contributed by atoms with Crippen molar-refractivity contribution in [1.82, 2.24) is 10.0 Å². The van der Waals surface area contributed by atoms with Crippen LogP contribution in [0.15, 0.2) is 45.5 Å². The van der Waals surface area contributed by atoms with Gasteiger partial charge in [0, 0.05) is 12.8 Å². The van der Waals surface area contributed by atoms with E-state index in [1.54, 1.807) is 6.92 Å². The van der Waals surface area contributed by atoms with Crippen LogP contribution < -0.4 is 10.0 Å². The first-order valence-corrected chi connectivity index (χ1v) is 16.1. The van der Waals surface area contributed by atoms with Crippen molar-refractivity contribution >= 4 is 53.2 Å². The topological polar surface area (TPSA) is 161 Å². The molecule has 2 N–H and O–H groups in total. The Morgan fingerprint density at radius 2 is 1.79 bits per heavy atom. The monoisotopic (exact) mass is 550 g/mol. The first-order chi connectivity index (χ1) is 15.8. The van der Waals surface area contributed by atoms with Crippen molar-refractivity contribution in [1.29, 1.82) is 0 Å². The molecule has 34 heavy (non-hydrogen) atoms. The molecular formula is C20H26N2O8S4. The molecule has 0 aliphatic heterocycles. The molecule has 2 rings (SSSR count). The number of sulfone groups is 2. The minimum atomic E-state index is -3.99. The first-order valence-electron chi connectivity index (χ1n) is 10.1. The molecule has 1 aromatic carbocycles. The minimum Gasteiger partial charge on any atom is -0.351 e. The normalized spacial score (nSPS) is 13.4. The highest BCUT2D eigenvalue weighted by Gasteiger charge is 2.20. The van der Waals surface area contributed by atoms with Gasteiger partial charge in [-0.15, -0.1) is 11.3 Å².